The van der Waals surface area contributed by atoms with Crippen LogP contribution >= 0.6 is 0 Å². The third-order valence-electron chi connectivity index (χ3n) is 3.17. The molecule has 1 aromatic carbocycles. The Morgan fingerprint density at radius 2 is 0.944 bits per heavy atom. The molecule has 2 N–H and O–H groups in total. The molecule has 0 fully saturated rings. The molecule has 0 saturated heterocycles. The summed E-state index contributed by atoms with van der Waals surface area (Å²) in [6.45, 7) is 4.14. The summed E-state index contributed by atoms with van der Waals surface area (Å²) in [5.74, 6) is 0. The van der Waals surface area contributed by atoms with Crippen molar-refractivity contribution in [1.29, 1.82) is 0 Å². The van der Waals surface area contributed by atoms with Gasteiger partial charge in [0.05, 0.1) is 0 Å². The molecule has 0 bridgehead atoms. The lowest BCUT2D eigenvalue weighted by molar-refractivity contribution is 1.26. The van der Waals surface area contributed by atoms with Crippen LogP contribution in [-0.2, 0) is 0 Å². The van der Waals surface area contributed by atoms with Gasteiger partial charge in [-0.3, -0.25) is 0 Å². The second kappa shape index (κ2) is 4.22. The molecular weight excluding hydrogens is 220 g/mol. The summed E-state index contributed by atoms with van der Waals surface area (Å²) < 4.78 is 0. The third kappa shape index (κ3) is 1.97. The number of rotatable bonds is 2. The lowest BCUT2D eigenvalue weighted by Gasteiger charge is -2.01. The summed E-state index contributed by atoms with van der Waals surface area (Å²) in [6, 6.07) is 17.0. The quantitative estimate of drug-likeness (QED) is 0.665. The molecule has 3 rings (SSSR count). The number of aryl methyl sites for hydroxylation is 2. The first-order valence-corrected chi connectivity index (χ1v) is 6.14. The van der Waals surface area contributed by atoms with E-state index in [0.717, 1.165) is 0 Å². The van der Waals surface area contributed by atoms with Gasteiger partial charge in [-0.25, -0.2) is 0 Å². The van der Waals surface area contributed by atoms with Crippen molar-refractivity contribution in [3.05, 3.63) is 59.9 Å². The lowest BCUT2D eigenvalue weighted by atomic mass is 10.1. The Kier molecular flexibility index (Phi) is 2.56. The maximum absolute atomic E-state index is 3.35. The molecule has 0 aliphatic heterocycles. The average molecular weight is 236 g/mol. The Labute approximate surface area is 107 Å². The van der Waals surface area contributed by atoms with Gasteiger partial charge in [-0.05, 0) is 49.2 Å². The van der Waals surface area contributed by atoms with Gasteiger partial charge in [0, 0.05) is 22.8 Å². The molecule has 0 aliphatic rings. The topological polar surface area (TPSA) is 31.6 Å². The second-order valence-electron chi connectivity index (χ2n) is 4.69. The molecular formula is C16H16N2. The van der Waals surface area contributed by atoms with Gasteiger partial charge in [-0.2, -0.15) is 0 Å². The molecule has 0 saturated carbocycles. The monoisotopic (exact) mass is 236 g/mol. The number of hydrogen-bond acceptors (Lipinski definition) is 0. The number of nitrogens with one attached hydrogen (secondary N) is 2. The predicted molar refractivity (Wildman–Crippen MR) is 75.5 cm³/mol. The van der Waals surface area contributed by atoms with Crippen LogP contribution in [-0.4, -0.2) is 9.97 Å². The van der Waals surface area contributed by atoms with Crippen molar-refractivity contribution in [2.45, 2.75) is 13.8 Å². The van der Waals surface area contributed by atoms with Crippen LogP contribution in [0.4, 0.5) is 0 Å². The number of H-pyrrole nitrogens is 2. The molecule has 0 atom stereocenters. The molecule has 2 heteroatoms. The van der Waals surface area contributed by atoms with Crippen LogP contribution in [0.2, 0.25) is 0 Å². The minimum absolute atomic E-state index is 1.17. The maximum Gasteiger partial charge on any atom is 0.0455 e. The Hall–Kier alpha value is -2.22. The number of benzene rings is 1. The van der Waals surface area contributed by atoms with E-state index in [-0.39, 0.29) is 0 Å². The summed E-state index contributed by atoms with van der Waals surface area (Å²) in [7, 11) is 0. The van der Waals surface area contributed by atoms with E-state index in [1.54, 1.807) is 0 Å². The molecule has 0 aliphatic carbocycles. The lowest BCUT2D eigenvalue weighted by Crippen LogP contribution is -1.81. The molecule has 3 aromatic rings. The first-order chi connectivity index (χ1) is 8.72. The highest BCUT2D eigenvalue weighted by Crippen LogP contribution is 2.23. The molecule has 0 unspecified atom stereocenters. The molecule has 2 heterocycles. The molecule has 18 heavy (non-hydrogen) atoms. The van der Waals surface area contributed by atoms with E-state index < -0.39 is 0 Å². The van der Waals surface area contributed by atoms with Crippen molar-refractivity contribution in [1.82, 2.24) is 9.97 Å². The smallest absolute Gasteiger partial charge is 0.0455 e. The van der Waals surface area contributed by atoms with Crippen molar-refractivity contribution in [2.75, 3.05) is 0 Å². The van der Waals surface area contributed by atoms with Crippen LogP contribution in [0.1, 0.15) is 11.4 Å². The van der Waals surface area contributed by atoms with Gasteiger partial charge < -0.3 is 9.97 Å². The SMILES string of the molecule is Cc1ccc(-c2ccc(-c3ccc(C)[nH]3)cc2)[nH]1. The van der Waals surface area contributed by atoms with E-state index in [4.69, 9.17) is 0 Å². The van der Waals surface area contributed by atoms with Crippen molar-refractivity contribution in [3.8, 4) is 22.5 Å². The van der Waals surface area contributed by atoms with Gasteiger partial charge in [0.1, 0.15) is 0 Å². The van der Waals surface area contributed by atoms with Gasteiger partial charge in [0.2, 0.25) is 0 Å². The normalized spacial score (nSPS) is 10.8. The fourth-order valence-electron chi connectivity index (χ4n) is 2.17. The Morgan fingerprint density at radius 1 is 0.556 bits per heavy atom. The zero-order chi connectivity index (χ0) is 12.5. The zero-order valence-corrected chi connectivity index (χ0v) is 10.6. The maximum atomic E-state index is 3.35. The summed E-state index contributed by atoms with van der Waals surface area (Å²) in [4.78, 5) is 6.70. The van der Waals surface area contributed by atoms with Crippen LogP contribution in [0, 0.1) is 13.8 Å². The molecule has 2 nitrogen and oxygen atoms in total. The largest absolute Gasteiger partial charge is 0.359 e. The van der Waals surface area contributed by atoms with Crippen molar-refractivity contribution >= 4 is 0 Å². The Bertz CT molecular complexity index is 597. The van der Waals surface area contributed by atoms with E-state index >= 15 is 0 Å². The van der Waals surface area contributed by atoms with Crippen LogP contribution < -0.4 is 0 Å². The van der Waals surface area contributed by atoms with Gasteiger partial charge in [0.15, 0.2) is 0 Å². The van der Waals surface area contributed by atoms with Crippen LogP contribution in [0.25, 0.3) is 22.5 Å². The highest BCUT2D eigenvalue weighted by molar-refractivity contribution is 5.67. The standard InChI is InChI=1S/C16H16N2/c1-11-3-9-15(17-11)13-5-7-14(8-6-13)16-10-4-12(2)18-16/h3-10,17-18H,1-2H3. The minimum atomic E-state index is 1.17. The molecule has 2 aromatic heterocycles. The van der Waals surface area contributed by atoms with Crippen LogP contribution in [0.3, 0.4) is 0 Å². The van der Waals surface area contributed by atoms with Crippen LogP contribution in [0.15, 0.2) is 48.5 Å². The molecule has 0 amide bonds. The zero-order valence-electron chi connectivity index (χ0n) is 10.6. The highest BCUT2D eigenvalue weighted by atomic mass is 14.7. The summed E-state index contributed by atoms with van der Waals surface area (Å²) in [5.41, 5.74) is 7.15. The van der Waals surface area contributed by atoms with E-state index in [1.807, 2.05) is 0 Å². The van der Waals surface area contributed by atoms with Crippen LogP contribution in [0.5, 0.6) is 0 Å². The molecule has 0 spiro atoms. The second-order valence-corrected chi connectivity index (χ2v) is 4.69. The van der Waals surface area contributed by atoms with E-state index in [1.165, 1.54) is 33.9 Å². The fraction of sp³-hybridized carbons (Fsp3) is 0.125. The van der Waals surface area contributed by atoms with Gasteiger partial charge in [-0.15, -0.1) is 0 Å². The van der Waals surface area contributed by atoms with Crippen molar-refractivity contribution in [3.63, 3.8) is 0 Å². The minimum Gasteiger partial charge on any atom is -0.359 e. The van der Waals surface area contributed by atoms with E-state index in [9.17, 15) is 0 Å². The van der Waals surface area contributed by atoms with Crippen molar-refractivity contribution in [2.24, 2.45) is 0 Å². The van der Waals surface area contributed by atoms with Gasteiger partial charge in [0.25, 0.3) is 0 Å². The first kappa shape index (κ1) is 10.9. The first-order valence-electron chi connectivity index (χ1n) is 6.14. The Morgan fingerprint density at radius 3 is 1.22 bits per heavy atom. The van der Waals surface area contributed by atoms with E-state index in [2.05, 4.69) is 72.3 Å². The van der Waals surface area contributed by atoms with E-state index in [0.29, 0.717) is 0 Å². The predicted octanol–water partition coefficient (Wildman–Crippen LogP) is 4.29. The Balaban J connectivity index is 1.94. The average Bonchev–Trinajstić information content (AvgIpc) is 2.98. The number of aromatic amines is 2. The number of aromatic nitrogens is 2. The summed E-state index contributed by atoms with van der Waals surface area (Å²) in [6.07, 6.45) is 0. The summed E-state index contributed by atoms with van der Waals surface area (Å²) in [5, 5.41) is 0. The molecule has 0 radical (unpaired) electrons. The number of hydrogen-bond donors (Lipinski definition) is 2. The summed E-state index contributed by atoms with van der Waals surface area (Å²) >= 11 is 0. The van der Waals surface area contributed by atoms with Crippen molar-refractivity contribution < 1.29 is 0 Å². The highest BCUT2D eigenvalue weighted by Gasteiger charge is 2.02. The van der Waals surface area contributed by atoms with Gasteiger partial charge in [-0.1, -0.05) is 24.3 Å². The molecule has 90 valence electrons. The fourth-order valence-corrected chi connectivity index (χ4v) is 2.17. The van der Waals surface area contributed by atoms with Gasteiger partial charge >= 0.3 is 0 Å². The third-order valence-corrected chi connectivity index (χ3v) is 3.17.